The van der Waals surface area contributed by atoms with Gasteiger partial charge in [-0.15, -0.1) is 0 Å². The van der Waals surface area contributed by atoms with Crippen molar-refractivity contribution in [1.82, 2.24) is 4.98 Å². The number of rotatable bonds is 4. The van der Waals surface area contributed by atoms with Crippen molar-refractivity contribution in [2.24, 2.45) is 0 Å². The Kier molecular flexibility index (Phi) is 4.28. The van der Waals surface area contributed by atoms with Crippen molar-refractivity contribution >= 4 is 11.7 Å². The number of hydrogen-bond donors (Lipinski definition) is 0. The highest BCUT2D eigenvalue weighted by molar-refractivity contribution is 5.76. The molecule has 0 amide bonds. The third-order valence-electron chi connectivity index (χ3n) is 2.16. The Morgan fingerprint density at radius 2 is 2.44 bits per heavy atom. The van der Waals surface area contributed by atoms with Gasteiger partial charge in [0.25, 0.3) is 0 Å². The van der Waals surface area contributed by atoms with Crippen LogP contribution in [0.4, 0.5) is 5.69 Å². The third kappa shape index (κ3) is 2.70. The molecule has 0 saturated heterocycles. The van der Waals surface area contributed by atoms with Crippen LogP contribution in [0.1, 0.15) is 12.6 Å². The van der Waals surface area contributed by atoms with Crippen LogP contribution in [-0.4, -0.2) is 31.2 Å². The smallest absolute Gasteiger partial charge is 0.325 e. The SMILES string of the molecule is CCN(CC(=O)OC)c1cccnc1C#N. The van der Waals surface area contributed by atoms with Gasteiger partial charge in [-0.2, -0.15) is 5.26 Å². The molecular formula is C11H13N3O2. The van der Waals surface area contributed by atoms with Crippen molar-refractivity contribution in [3.8, 4) is 6.07 Å². The van der Waals surface area contributed by atoms with Gasteiger partial charge in [0, 0.05) is 12.7 Å². The molecule has 0 aliphatic carbocycles. The minimum absolute atomic E-state index is 0.118. The highest BCUT2D eigenvalue weighted by atomic mass is 16.5. The zero-order chi connectivity index (χ0) is 12.0. The lowest BCUT2D eigenvalue weighted by Crippen LogP contribution is -2.31. The molecule has 1 heterocycles. The molecule has 0 aromatic carbocycles. The maximum absolute atomic E-state index is 11.2. The second kappa shape index (κ2) is 5.71. The van der Waals surface area contributed by atoms with Gasteiger partial charge in [0.2, 0.25) is 0 Å². The lowest BCUT2D eigenvalue weighted by molar-refractivity contribution is -0.138. The number of esters is 1. The normalized spacial score (nSPS) is 9.31. The number of methoxy groups -OCH3 is 1. The Balaban J connectivity index is 2.95. The lowest BCUT2D eigenvalue weighted by atomic mass is 10.2. The van der Waals surface area contributed by atoms with E-state index < -0.39 is 0 Å². The van der Waals surface area contributed by atoms with Crippen LogP contribution >= 0.6 is 0 Å². The summed E-state index contributed by atoms with van der Waals surface area (Å²) in [4.78, 5) is 16.9. The minimum Gasteiger partial charge on any atom is -0.468 e. The highest BCUT2D eigenvalue weighted by Gasteiger charge is 2.13. The first-order chi connectivity index (χ1) is 7.72. The van der Waals surface area contributed by atoms with Crippen LogP contribution in [0.15, 0.2) is 18.3 Å². The van der Waals surface area contributed by atoms with Gasteiger partial charge in [0.1, 0.15) is 12.6 Å². The quantitative estimate of drug-likeness (QED) is 0.705. The second-order valence-electron chi connectivity index (χ2n) is 3.07. The summed E-state index contributed by atoms with van der Waals surface area (Å²) in [6.45, 7) is 2.62. The maximum Gasteiger partial charge on any atom is 0.325 e. The molecule has 5 heteroatoms. The fraction of sp³-hybridized carbons (Fsp3) is 0.364. The average molecular weight is 219 g/mol. The molecule has 0 aliphatic heterocycles. The summed E-state index contributed by atoms with van der Waals surface area (Å²) in [5.41, 5.74) is 0.964. The zero-order valence-corrected chi connectivity index (χ0v) is 9.30. The molecule has 0 radical (unpaired) electrons. The molecule has 84 valence electrons. The van der Waals surface area contributed by atoms with E-state index >= 15 is 0 Å². The number of likely N-dealkylation sites (N-methyl/N-ethyl adjacent to an activating group) is 1. The standard InChI is InChI=1S/C11H13N3O2/c1-3-14(8-11(15)16-2)10-5-4-6-13-9(10)7-12/h4-6H,3,8H2,1-2H3. The van der Waals surface area contributed by atoms with Gasteiger partial charge in [-0.05, 0) is 19.1 Å². The predicted octanol–water partition coefficient (Wildman–Crippen LogP) is 0.953. The highest BCUT2D eigenvalue weighted by Crippen LogP contribution is 2.16. The summed E-state index contributed by atoms with van der Waals surface area (Å²) in [5, 5.41) is 8.90. The van der Waals surface area contributed by atoms with Crippen molar-refractivity contribution in [1.29, 1.82) is 5.26 Å². The number of ether oxygens (including phenoxy) is 1. The largest absolute Gasteiger partial charge is 0.468 e. The molecule has 0 spiro atoms. The number of nitriles is 1. The summed E-state index contributed by atoms with van der Waals surface area (Å²) in [6.07, 6.45) is 1.55. The molecule has 0 aliphatic rings. The Labute approximate surface area is 94.3 Å². The summed E-state index contributed by atoms with van der Waals surface area (Å²) in [6, 6.07) is 5.49. The molecule has 0 atom stereocenters. The van der Waals surface area contributed by atoms with Gasteiger partial charge < -0.3 is 9.64 Å². The molecule has 0 fully saturated rings. The number of pyridine rings is 1. The number of hydrogen-bond acceptors (Lipinski definition) is 5. The van der Waals surface area contributed by atoms with E-state index in [2.05, 4.69) is 9.72 Å². The van der Waals surface area contributed by atoms with Crippen LogP contribution in [0.3, 0.4) is 0 Å². The first-order valence-corrected chi connectivity index (χ1v) is 4.89. The summed E-state index contributed by atoms with van der Waals surface area (Å²) in [7, 11) is 1.34. The first kappa shape index (κ1) is 12.0. The number of carbonyl (C=O) groups is 1. The Bertz CT molecular complexity index is 412. The summed E-state index contributed by atoms with van der Waals surface area (Å²) in [5.74, 6) is -0.338. The van der Waals surface area contributed by atoms with Crippen LogP contribution in [0.25, 0.3) is 0 Å². The van der Waals surface area contributed by atoms with Gasteiger partial charge in [-0.1, -0.05) is 0 Å². The van der Waals surface area contributed by atoms with Gasteiger partial charge in [-0.3, -0.25) is 4.79 Å². The van der Waals surface area contributed by atoms with Gasteiger partial charge in [0.15, 0.2) is 5.69 Å². The van der Waals surface area contributed by atoms with Gasteiger partial charge in [0.05, 0.1) is 12.8 Å². The van der Waals surface area contributed by atoms with Crippen molar-refractivity contribution in [2.45, 2.75) is 6.92 Å². The first-order valence-electron chi connectivity index (χ1n) is 4.89. The fourth-order valence-corrected chi connectivity index (χ4v) is 1.33. The number of aromatic nitrogens is 1. The second-order valence-corrected chi connectivity index (χ2v) is 3.07. The Morgan fingerprint density at radius 1 is 1.69 bits per heavy atom. The molecule has 0 bridgehead atoms. The van der Waals surface area contributed by atoms with Crippen LogP contribution in [-0.2, 0) is 9.53 Å². The van der Waals surface area contributed by atoms with E-state index in [1.807, 2.05) is 13.0 Å². The van der Waals surface area contributed by atoms with E-state index in [1.54, 1.807) is 23.2 Å². The van der Waals surface area contributed by atoms with Gasteiger partial charge in [-0.25, -0.2) is 4.98 Å². The van der Waals surface area contributed by atoms with Crippen molar-refractivity contribution in [2.75, 3.05) is 25.1 Å². The molecule has 0 N–H and O–H groups in total. The van der Waals surface area contributed by atoms with Crippen LogP contribution in [0.5, 0.6) is 0 Å². The Morgan fingerprint density at radius 3 is 3.00 bits per heavy atom. The molecule has 0 saturated carbocycles. The van der Waals surface area contributed by atoms with Crippen molar-refractivity contribution < 1.29 is 9.53 Å². The number of nitrogens with zero attached hydrogens (tertiary/aromatic N) is 3. The van der Waals surface area contributed by atoms with Crippen molar-refractivity contribution in [3.63, 3.8) is 0 Å². The fourth-order valence-electron chi connectivity index (χ4n) is 1.33. The molecule has 1 rings (SSSR count). The zero-order valence-electron chi connectivity index (χ0n) is 9.30. The number of carbonyl (C=O) groups excluding carboxylic acids is 1. The topological polar surface area (TPSA) is 66.2 Å². The van der Waals surface area contributed by atoms with E-state index in [0.717, 1.165) is 0 Å². The summed E-state index contributed by atoms with van der Waals surface area (Å²) >= 11 is 0. The van der Waals surface area contributed by atoms with Crippen molar-refractivity contribution in [3.05, 3.63) is 24.0 Å². The monoisotopic (exact) mass is 219 g/mol. The Hall–Kier alpha value is -2.09. The molecule has 5 nitrogen and oxygen atoms in total. The van der Waals surface area contributed by atoms with Crippen LogP contribution in [0.2, 0.25) is 0 Å². The minimum atomic E-state index is -0.338. The molecular weight excluding hydrogens is 206 g/mol. The van der Waals surface area contributed by atoms with E-state index in [0.29, 0.717) is 17.9 Å². The van der Waals surface area contributed by atoms with E-state index in [4.69, 9.17) is 5.26 Å². The van der Waals surface area contributed by atoms with Crippen LogP contribution < -0.4 is 4.90 Å². The molecule has 1 aromatic rings. The number of anilines is 1. The maximum atomic E-state index is 11.2. The average Bonchev–Trinajstić information content (AvgIpc) is 2.35. The summed E-state index contributed by atoms with van der Waals surface area (Å²) < 4.78 is 4.59. The van der Waals surface area contributed by atoms with E-state index in [9.17, 15) is 4.79 Å². The van der Waals surface area contributed by atoms with E-state index in [-0.39, 0.29) is 12.5 Å². The molecule has 0 unspecified atom stereocenters. The lowest BCUT2D eigenvalue weighted by Gasteiger charge is -2.21. The predicted molar refractivity (Wildman–Crippen MR) is 58.9 cm³/mol. The van der Waals surface area contributed by atoms with Gasteiger partial charge >= 0.3 is 5.97 Å². The third-order valence-corrected chi connectivity index (χ3v) is 2.16. The molecule has 16 heavy (non-hydrogen) atoms. The molecule has 1 aromatic heterocycles. The van der Waals surface area contributed by atoms with E-state index in [1.165, 1.54) is 7.11 Å². The van der Waals surface area contributed by atoms with Crippen LogP contribution in [0, 0.1) is 11.3 Å².